The zero-order valence-electron chi connectivity index (χ0n) is 21.4. The Morgan fingerprint density at radius 3 is 2.64 bits per heavy atom. The van der Waals surface area contributed by atoms with Gasteiger partial charge in [0.2, 0.25) is 0 Å². The number of fused-ring (bicyclic) bond motifs is 2. The number of thiocarbonyl (C=S) groups is 1. The number of carboxylic acid groups (broad SMARTS) is 1. The minimum absolute atomic E-state index is 0.0225. The van der Waals surface area contributed by atoms with Crippen molar-refractivity contribution in [1.82, 2.24) is 5.32 Å². The molecule has 39 heavy (non-hydrogen) atoms. The van der Waals surface area contributed by atoms with E-state index in [4.69, 9.17) is 21.4 Å². The molecule has 0 saturated carbocycles. The van der Waals surface area contributed by atoms with Gasteiger partial charge in [0.25, 0.3) is 0 Å². The van der Waals surface area contributed by atoms with Gasteiger partial charge in [0, 0.05) is 60.5 Å². The standard InChI is InChI=1S/C29H30N2O7S/c1-37-16-17(15-32)4-2-3-11-30-29(39)31-18-5-8-21(28(35)36)24(12-18)27-22-9-6-19(33)13-25(22)38-26-14-20(34)7-10-23(26)27/h5-10,12-14,17,32-33H,2-4,11,15-16H2,1H3,(H,35,36)(H2,30,31,39). The number of rotatable bonds is 11. The van der Waals surface area contributed by atoms with E-state index in [2.05, 4.69) is 10.6 Å². The number of carboxylic acids is 1. The molecule has 5 N–H and O–H groups in total. The molecule has 1 aliphatic heterocycles. The fourth-order valence-electron chi connectivity index (χ4n) is 4.56. The second kappa shape index (κ2) is 12.7. The quantitative estimate of drug-likeness (QED) is 0.102. The number of ether oxygens (including phenoxy) is 1. The summed E-state index contributed by atoms with van der Waals surface area (Å²) >= 11 is 5.45. The summed E-state index contributed by atoms with van der Waals surface area (Å²) in [4.78, 5) is 24.3. The van der Waals surface area contributed by atoms with Gasteiger partial charge in [-0.3, -0.25) is 4.79 Å². The Hall–Kier alpha value is -3.99. The molecule has 0 radical (unpaired) electrons. The number of carbonyl (C=O) groups is 1. The van der Waals surface area contributed by atoms with Crippen LogP contribution in [0, 0.1) is 5.92 Å². The van der Waals surface area contributed by atoms with Crippen molar-refractivity contribution in [2.75, 3.05) is 32.2 Å². The van der Waals surface area contributed by atoms with Gasteiger partial charge >= 0.3 is 5.97 Å². The average molecular weight is 551 g/mol. The summed E-state index contributed by atoms with van der Waals surface area (Å²) in [5.74, 6) is -0.747. The molecular formula is C29H30N2O7S. The van der Waals surface area contributed by atoms with E-state index in [9.17, 15) is 24.9 Å². The monoisotopic (exact) mass is 550 g/mol. The second-order valence-electron chi connectivity index (χ2n) is 9.26. The van der Waals surface area contributed by atoms with Crippen molar-refractivity contribution in [3.8, 4) is 28.2 Å². The van der Waals surface area contributed by atoms with Gasteiger partial charge in [-0.1, -0.05) is 6.42 Å². The number of anilines is 1. The summed E-state index contributed by atoms with van der Waals surface area (Å²) in [7, 11) is 1.62. The smallest absolute Gasteiger partial charge is 0.336 e. The number of hydrogen-bond acceptors (Lipinski definition) is 7. The zero-order chi connectivity index (χ0) is 27.9. The van der Waals surface area contributed by atoms with Crippen LogP contribution in [0.4, 0.5) is 5.69 Å². The van der Waals surface area contributed by atoms with Gasteiger partial charge in [0.15, 0.2) is 10.5 Å². The third-order valence-electron chi connectivity index (χ3n) is 6.44. The van der Waals surface area contributed by atoms with Crippen molar-refractivity contribution in [3.63, 3.8) is 0 Å². The maximum Gasteiger partial charge on any atom is 0.336 e. The summed E-state index contributed by atoms with van der Waals surface area (Å²) in [6.45, 7) is 1.25. The lowest BCUT2D eigenvalue weighted by Crippen LogP contribution is -2.29. The number of aliphatic hydroxyl groups is 1. The second-order valence-corrected chi connectivity index (χ2v) is 9.67. The van der Waals surface area contributed by atoms with Crippen LogP contribution >= 0.6 is 12.2 Å². The van der Waals surface area contributed by atoms with Crippen molar-refractivity contribution in [2.24, 2.45) is 5.92 Å². The molecule has 0 spiro atoms. The highest BCUT2D eigenvalue weighted by molar-refractivity contribution is 7.80. The number of phenolic OH excluding ortho intramolecular Hbond substituents is 1. The van der Waals surface area contributed by atoms with Crippen LogP contribution in [0.15, 0.2) is 63.8 Å². The van der Waals surface area contributed by atoms with Gasteiger partial charge in [0.1, 0.15) is 17.1 Å². The van der Waals surface area contributed by atoms with Gasteiger partial charge in [-0.05, 0) is 73.1 Å². The first-order valence-electron chi connectivity index (χ1n) is 12.5. The van der Waals surface area contributed by atoms with Crippen molar-refractivity contribution in [3.05, 3.63) is 70.4 Å². The number of hydrogen-bond donors (Lipinski definition) is 5. The van der Waals surface area contributed by atoms with E-state index < -0.39 is 5.97 Å². The van der Waals surface area contributed by atoms with Crippen molar-refractivity contribution < 1.29 is 29.3 Å². The Morgan fingerprint density at radius 1 is 1.08 bits per heavy atom. The number of phenols is 1. The van der Waals surface area contributed by atoms with Crippen LogP contribution < -0.4 is 16.1 Å². The summed E-state index contributed by atoms with van der Waals surface area (Å²) in [5.41, 5.74) is 2.20. The van der Waals surface area contributed by atoms with E-state index in [-0.39, 0.29) is 35.0 Å². The molecule has 10 heteroatoms. The number of aromatic carboxylic acids is 1. The summed E-state index contributed by atoms with van der Waals surface area (Å²) < 4.78 is 11.0. The fourth-order valence-corrected chi connectivity index (χ4v) is 4.78. The molecule has 204 valence electrons. The Labute approximate surface area is 230 Å². The predicted octanol–water partition coefficient (Wildman–Crippen LogP) is 4.68. The molecule has 1 aliphatic carbocycles. The van der Waals surface area contributed by atoms with Crippen molar-refractivity contribution >= 4 is 40.0 Å². The molecule has 1 atom stereocenters. The van der Waals surface area contributed by atoms with Crippen LogP contribution in [0.1, 0.15) is 29.6 Å². The van der Waals surface area contributed by atoms with E-state index in [0.717, 1.165) is 19.3 Å². The van der Waals surface area contributed by atoms with Crippen LogP contribution in [-0.4, -0.2) is 53.3 Å². The molecule has 2 aliphatic rings. The van der Waals surface area contributed by atoms with E-state index in [0.29, 0.717) is 51.6 Å². The maximum atomic E-state index is 12.2. The molecular weight excluding hydrogens is 520 g/mol. The first-order chi connectivity index (χ1) is 18.8. The number of aliphatic hydroxyl groups excluding tert-OH is 1. The highest BCUT2D eigenvalue weighted by atomic mass is 32.1. The van der Waals surface area contributed by atoms with Crippen LogP contribution in [0.5, 0.6) is 5.75 Å². The molecule has 2 aromatic rings. The SMILES string of the molecule is COCC(CO)CCCCNC(=S)Nc1ccc(C(=O)O)c(-c2c3ccc(=O)cc-3oc3cc(O)ccc23)c1. The fraction of sp³-hybridized carbons (Fsp3) is 0.276. The van der Waals surface area contributed by atoms with Crippen molar-refractivity contribution in [1.29, 1.82) is 0 Å². The minimum atomic E-state index is -1.12. The molecule has 4 rings (SSSR count). The maximum absolute atomic E-state index is 12.2. The summed E-state index contributed by atoms with van der Waals surface area (Å²) in [6.07, 6.45) is 2.61. The van der Waals surface area contributed by atoms with Crippen LogP contribution in [0.2, 0.25) is 0 Å². The molecule has 0 aromatic heterocycles. The van der Waals surface area contributed by atoms with Gasteiger partial charge in [-0.2, -0.15) is 0 Å². The number of nitrogens with one attached hydrogen (secondary N) is 2. The largest absolute Gasteiger partial charge is 0.508 e. The van der Waals surface area contributed by atoms with E-state index >= 15 is 0 Å². The number of unbranched alkanes of at least 4 members (excludes halogenated alkanes) is 1. The first kappa shape index (κ1) is 28.0. The Kier molecular flexibility index (Phi) is 9.13. The highest BCUT2D eigenvalue weighted by Gasteiger charge is 2.22. The predicted molar refractivity (Wildman–Crippen MR) is 154 cm³/mol. The number of aromatic hydroxyl groups is 1. The highest BCUT2D eigenvalue weighted by Crippen LogP contribution is 2.42. The molecule has 0 fully saturated rings. The Balaban J connectivity index is 1.61. The molecule has 0 amide bonds. The Morgan fingerprint density at radius 2 is 1.90 bits per heavy atom. The van der Waals surface area contributed by atoms with E-state index in [1.54, 1.807) is 31.4 Å². The number of benzene rings is 3. The molecule has 0 bridgehead atoms. The van der Waals surface area contributed by atoms with Crippen LogP contribution in [0.25, 0.3) is 33.4 Å². The van der Waals surface area contributed by atoms with Gasteiger partial charge in [0.05, 0.1) is 12.2 Å². The Bertz CT molecular complexity index is 1520. The minimum Gasteiger partial charge on any atom is -0.508 e. The van der Waals surface area contributed by atoms with Gasteiger partial charge < -0.3 is 35.1 Å². The number of methoxy groups -OCH3 is 1. The lowest BCUT2D eigenvalue weighted by Gasteiger charge is -2.18. The van der Waals surface area contributed by atoms with Crippen LogP contribution in [0.3, 0.4) is 0 Å². The van der Waals surface area contributed by atoms with Gasteiger partial charge in [-0.25, -0.2) is 4.79 Å². The topological polar surface area (TPSA) is 141 Å². The zero-order valence-corrected chi connectivity index (χ0v) is 22.2. The lowest BCUT2D eigenvalue weighted by atomic mass is 9.90. The summed E-state index contributed by atoms with van der Waals surface area (Å²) in [5, 5.41) is 36.6. The molecule has 2 aromatic carbocycles. The van der Waals surface area contributed by atoms with E-state index in [1.165, 1.54) is 30.3 Å². The normalized spacial score (nSPS) is 11.9. The third kappa shape index (κ3) is 6.72. The first-order valence-corrected chi connectivity index (χ1v) is 12.9. The van der Waals surface area contributed by atoms with Crippen molar-refractivity contribution in [2.45, 2.75) is 19.3 Å². The lowest BCUT2D eigenvalue weighted by molar-refractivity contribution is 0.0697. The molecule has 0 saturated heterocycles. The van der Waals surface area contributed by atoms with Gasteiger partial charge in [-0.15, -0.1) is 0 Å². The molecule has 1 unspecified atom stereocenters. The summed E-state index contributed by atoms with van der Waals surface area (Å²) in [6, 6.07) is 13.7. The molecule has 9 nitrogen and oxygen atoms in total. The third-order valence-corrected chi connectivity index (χ3v) is 6.69. The molecule has 1 heterocycles. The van der Waals surface area contributed by atoms with E-state index in [1.807, 2.05) is 0 Å². The van der Waals surface area contributed by atoms with Crippen LogP contribution in [-0.2, 0) is 4.74 Å². The average Bonchev–Trinajstić information content (AvgIpc) is 2.90.